The highest BCUT2D eigenvalue weighted by Crippen LogP contribution is 2.08. The Bertz CT molecular complexity index is 511. The van der Waals surface area contributed by atoms with E-state index in [0.717, 1.165) is 17.8 Å². The van der Waals surface area contributed by atoms with Crippen LogP contribution in [0.25, 0.3) is 0 Å². The maximum atomic E-state index is 12.0. The highest BCUT2D eigenvalue weighted by atomic mass is 16.1. The van der Waals surface area contributed by atoms with Crippen molar-refractivity contribution in [2.24, 2.45) is 7.05 Å². The third-order valence-electron chi connectivity index (χ3n) is 2.92. The van der Waals surface area contributed by atoms with Crippen LogP contribution >= 0.6 is 0 Å². The summed E-state index contributed by atoms with van der Waals surface area (Å²) in [5, 5.41) is 0. The Kier molecular flexibility index (Phi) is 3.38. The Labute approximate surface area is 101 Å². The van der Waals surface area contributed by atoms with Crippen molar-refractivity contribution < 1.29 is 4.79 Å². The summed E-state index contributed by atoms with van der Waals surface area (Å²) >= 11 is 0. The molecule has 0 N–H and O–H groups in total. The minimum Gasteiger partial charge on any atom is -0.338 e. The molecule has 2 rings (SSSR count). The molecule has 0 unspecified atom stereocenters. The summed E-state index contributed by atoms with van der Waals surface area (Å²) in [5.74, 6) is 0.913. The van der Waals surface area contributed by atoms with Crippen LogP contribution in [-0.2, 0) is 19.9 Å². The summed E-state index contributed by atoms with van der Waals surface area (Å²) in [7, 11) is 1.90. The molecular weight excluding hydrogens is 212 g/mol. The lowest BCUT2D eigenvalue weighted by atomic mass is 10.0. The molecule has 0 fully saturated rings. The molecule has 1 heterocycles. The number of aryl methyl sites for hydroxylation is 2. The largest absolute Gasteiger partial charge is 0.338 e. The van der Waals surface area contributed by atoms with Crippen LogP contribution in [-0.4, -0.2) is 15.3 Å². The van der Waals surface area contributed by atoms with Gasteiger partial charge in [-0.15, -0.1) is 0 Å². The van der Waals surface area contributed by atoms with Gasteiger partial charge in [0.2, 0.25) is 0 Å². The second-order valence-electron chi connectivity index (χ2n) is 4.10. The minimum absolute atomic E-state index is 0.113. The van der Waals surface area contributed by atoms with E-state index in [0.29, 0.717) is 6.42 Å². The lowest BCUT2D eigenvalue weighted by molar-refractivity contribution is 0.0990. The number of carbonyl (C=O) groups is 1. The van der Waals surface area contributed by atoms with Crippen LogP contribution in [0.15, 0.2) is 36.7 Å². The normalized spacial score (nSPS) is 10.5. The molecule has 0 bridgehead atoms. The van der Waals surface area contributed by atoms with Crippen LogP contribution in [0.5, 0.6) is 0 Å². The Morgan fingerprint density at radius 1 is 1.29 bits per heavy atom. The van der Waals surface area contributed by atoms with Crippen LogP contribution in [0.1, 0.15) is 28.7 Å². The number of hydrogen-bond acceptors (Lipinski definition) is 2. The standard InChI is InChI=1S/C14H16N2O/c1-3-11-4-6-12(7-5-11)13(17)10-14-15-8-9-16(14)2/h4-9H,3,10H2,1-2H3. The molecule has 0 aliphatic carbocycles. The van der Waals surface area contributed by atoms with E-state index in [4.69, 9.17) is 0 Å². The molecular formula is C14H16N2O. The van der Waals surface area contributed by atoms with Gasteiger partial charge in [0.25, 0.3) is 0 Å². The number of rotatable bonds is 4. The second-order valence-corrected chi connectivity index (χ2v) is 4.10. The van der Waals surface area contributed by atoms with Crippen LogP contribution in [0.3, 0.4) is 0 Å². The summed E-state index contributed by atoms with van der Waals surface area (Å²) in [6, 6.07) is 7.80. The number of imidazole rings is 1. The third-order valence-corrected chi connectivity index (χ3v) is 2.92. The Balaban J connectivity index is 2.12. The average molecular weight is 228 g/mol. The van der Waals surface area contributed by atoms with Crippen LogP contribution in [0.2, 0.25) is 0 Å². The van der Waals surface area contributed by atoms with Gasteiger partial charge in [-0.1, -0.05) is 31.2 Å². The molecule has 0 radical (unpaired) electrons. The first kappa shape index (κ1) is 11.6. The van der Waals surface area contributed by atoms with Gasteiger partial charge in [-0.25, -0.2) is 4.98 Å². The number of benzene rings is 1. The van der Waals surface area contributed by atoms with E-state index in [9.17, 15) is 4.79 Å². The van der Waals surface area contributed by atoms with E-state index < -0.39 is 0 Å². The zero-order valence-corrected chi connectivity index (χ0v) is 10.2. The lowest BCUT2D eigenvalue weighted by Crippen LogP contribution is -2.08. The van der Waals surface area contributed by atoms with Crippen LogP contribution in [0, 0.1) is 0 Å². The van der Waals surface area contributed by atoms with Crippen LogP contribution in [0.4, 0.5) is 0 Å². The summed E-state index contributed by atoms with van der Waals surface area (Å²) in [6.45, 7) is 2.10. The molecule has 88 valence electrons. The monoisotopic (exact) mass is 228 g/mol. The van der Waals surface area contributed by atoms with Gasteiger partial charge in [0.05, 0.1) is 6.42 Å². The first-order valence-electron chi connectivity index (χ1n) is 5.79. The molecule has 3 heteroatoms. The van der Waals surface area contributed by atoms with Crippen LogP contribution < -0.4 is 0 Å². The van der Waals surface area contributed by atoms with Gasteiger partial charge < -0.3 is 4.57 Å². The van der Waals surface area contributed by atoms with Gasteiger partial charge >= 0.3 is 0 Å². The molecule has 0 amide bonds. The minimum atomic E-state index is 0.113. The number of hydrogen-bond donors (Lipinski definition) is 0. The summed E-state index contributed by atoms with van der Waals surface area (Å²) in [4.78, 5) is 16.2. The van der Waals surface area contributed by atoms with Gasteiger partial charge in [-0.2, -0.15) is 0 Å². The first-order chi connectivity index (χ1) is 8.20. The SMILES string of the molecule is CCc1ccc(C(=O)Cc2nccn2C)cc1. The molecule has 1 aromatic carbocycles. The molecule has 0 saturated carbocycles. The Hall–Kier alpha value is -1.90. The number of aromatic nitrogens is 2. The topological polar surface area (TPSA) is 34.9 Å². The van der Waals surface area contributed by atoms with Crippen molar-refractivity contribution in [3.05, 3.63) is 53.6 Å². The van der Waals surface area contributed by atoms with E-state index in [2.05, 4.69) is 11.9 Å². The first-order valence-corrected chi connectivity index (χ1v) is 5.79. The van der Waals surface area contributed by atoms with Gasteiger partial charge in [-0.3, -0.25) is 4.79 Å². The fraction of sp³-hybridized carbons (Fsp3) is 0.286. The predicted molar refractivity (Wildman–Crippen MR) is 67.1 cm³/mol. The van der Waals surface area contributed by atoms with Gasteiger partial charge in [0.1, 0.15) is 5.82 Å². The summed E-state index contributed by atoms with van der Waals surface area (Å²) in [5.41, 5.74) is 2.00. The van der Waals surface area contributed by atoms with Crippen molar-refractivity contribution >= 4 is 5.78 Å². The maximum absolute atomic E-state index is 12.0. The van der Waals surface area contributed by atoms with Crippen molar-refractivity contribution in [2.75, 3.05) is 0 Å². The van der Waals surface area contributed by atoms with E-state index in [1.165, 1.54) is 5.56 Å². The lowest BCUT2D eigenvalue weighted by Gasteiger charge is -2.03. The quantitative estimate of drug-likeness (QED) is 0.753. The van der Waals surface area contributed by atoms with E-state index >= 15 is 0 Å². The Morgan fingerprint density at radius 3 is 2.53 bits per heavy atom. The molecule has 2 aromatic rings. The van der Waals surface area contributed by atoms with Crippen molar-refractivity contribution in [1.29, 1.82) is 0 Å². The third kappa shape index (κ3) is 2.61. The van der Waals surface area contributed by atoms with Crippen molar-refractivity contribution in [2.45, 2.75) is 19.8 Å². The molecule has 3 nitrogen and oxygen atoms in total. The maximum Gasteiger partial charge on any atom is 0.170 e. The number of nitrogens with zero attached hydrogens (tertiary/aromatic N) is 2. The molecule has 0 atom stereocenters. The predicted octanol–water partition coefficient (Wildman–Crippen LogP) is 2.41. The number of Topliss-reactive ketones (excluding diaryl/α,β-unsaturated/α-hetero) is 1. The Morgan fingerprint density at radius 2 is 2.00 bits per heavy atom. The number of ketones is 1. The highest BCUT2D eigenvalue weighted by molar-refractivity contribution is 5.97. The van der Waals surface area contributed by atoms with Gasteiger partial charge in [0.15, 0.2) is 5.78 Å². The fourth-order valence-corrected chi connectivity index (χ4v) is 1.74. The summed E-state index contributed by atoms with van der Waals surface area (Å²) < 4.78 is 1.87. The molecule has 0 aliphatic rings. The molecule has 17 heavy (non-hydrogen) atoms. The summed E-state index contributed by atoms with van der Waals surface area (Å²) in [6.07, 6.45) is 4.91. The van der Waals surface area contributed by atoms with Gasteiger partial charge in [-0.05, 0) is 12.0 Å². The molecule has 0 spiro atoms. The van der Waals surface area contributed by atoms with Crippen molar-refractivity contribution in [3.63, 3.8) is 0 Å². The molecule has 0 aliphatic heterocycles. The smallest absolute Gasteiger partial charge is 0.170 e. The van der Waals surface area contributed by atoms with E-state index in [-0.39, 0.29) is 5.78 Å². The van der Waals surface area contributed by atoms with Crippen molar-refractivity contribution in [3.8, 4) is 0 Å². The zero-order chi connectivity index (χ0) is 12.3. The highest BCUT2D eigenvalue weighted by Gasteiger charge is 2.09. The van der Waals surface area contributed by atoms with Gasteiger partial charge in [0, 0.05) is 25.0 Å². The second kappa shape index (κ2) is 4.95. The molecule has 1 aromatic heterocycles. The number of carbonyl (C=O) groups excluding carboxylic acids is 1. The fourth-order valence-electron chi connectivity index (χ4n) is 1.74. The molecule has 0 saturated heterocycles. The zero-order valence-electron chi connectivity index (χ0n) is 10.2. The van der Waals surface area contributed by atoms with E-state index in [1.54, 1.807) is 6.20 Å². The average Bonchev–Trinajstić information content (AvgIpc) is 2.75. The van der Waals surface area contributed by atoms with Crippen molar-refractivity contribution in [1.82, 2.24) is 9.55 Å². The van der Waals surface area contributed by atoms with E-state index in [1.807, 2.05) is 42.1 Å².